The molecule has 1 amide bonds. The van der Waals surface area contributed by atoms with Crippen LogP contribution in [0.2, 0.25) is 0 Å². The average Bonchev–Trinajstić information content (AvgIpc) is 2.44. The lowest BCUT2D eigenvalue weighted by molar-refractivity contribution is -0.131. The first-order valence-corrected chi connectivity index (χ1v) is 9.93. The number of carbonyl (C=O) groups is 1. The minimum absolute atomic E-state index is 0.146. The molecule has 22 heavy (non-hydrogen) atoms. The molecule has 1 aliphatic rings. The number of hydrogen-bond donors (Lipinski definition) is 0. The number of para-hydroxylation sites is 1. The zero-order chi connectivity index (χ0) is 16.3. The lowest BCUT2D eigenvalue weighted by Gasteiger charge is -2.33. The normalized spacial score (nSPS) is 19.0. The van der Waals surface area contributed by atoms with Crippen LogP contribution in [0.4, 0.5) is 5.69 Å². The number of carbonyl (C=O) groups excluding carboxylic acids is 1. The van der Waals surface area contributed by atoms with Crippen molar-refractivity contribution in [1.82, 2.24) is 4.90 Å². The Bertz CT molecular complexity index is 648. The number of sulfonamides is 1. The van der Waals surface area contributed by atoms with Crippen molar-refractivity contribution in [2.24, 2.45) is 5.92 Å². The molecule has 5 nitrogen and oxygen atoms in total. The van der Waals surface area contributed by atoms with Crippen molar-refractivity contribution in [1.29, 1.82) is 0 Å². The fraction of sp³-hybridized carbons (Fsp3) is 0.533. The molecule has 1 aliphatic heterocycles. The van der Waals surface area contributed by atoms with Crippen LogP contribution in [0.3, 0.4) is 0 Å². The summed E-state index contributed by atoms with van der Waals surface area (Å²) in [6.45, 7) is 3.36. The summed E-state index contributed by atoms with van der Waals surface area (Å²) in [5.74, 6) is 0.320. The Balaban J connectivity index is 2.21. The third-order valence-corrected chi connectivity index (χ3v) is 5.61. The van der Waals surface area contributed by atoms with Gasteiger partial charge in [0.15, 0.2) is 0 Å². The molecule has 1 heterocycles. The summed E-state index contributed by atoms with van der Waals surface area (Å²) in [6, 6.07) is 7.02. The maximum absolute atomic E-state index is 12.5. The monoisotopic (exact) mass is 388 g/mol. The molecule has 1 fully saturated rings. The van der Waals surface area contributed by atoms with E-state index in [2.05, 4.69) is 22.9 Å². The standard InChI is InChI=1S/C15H21BrN2O3S/c1-12-6-5-9-17(10-12)15(19)11-18(22(2,20)21)14-8-4-3-7-13(14)16/h3-4,7-8,12H,5-6,9-11H2,1-2H3/t12-/m1/s1. The van der Waals surface area contributed by atoms with Crippen LogP contribution >= 0.6 is 15.9 Å². The first-order valence-electron chi connectivity index (χ1n) is 7.29. The maximum atomic E-state index is 12.5. The Morgan fingerprint density at radius 1 is 1.41 bits per heavy atom. The van der Waals surface area contributed by atoms with E-state index < -0.39 is 10.0 Å². The Morgan fingerprint density at radius 2 is 2.09 bits per heavy atom. The fourth-order valence-corrected chi connectivity index (χ4v) is 4.15. The quantitative estimate of drug-likeness (QED) is 0.795. The van der Waals surface area contributed by atoms with Crippen LogP contribution in [0.15, 0.2) is 28.7 Å². The molecule has 0 unspecified atom stereocenters. The second-order valence-corrected chi connectivity index (χ2v) is 8.57. The average molecular weight is 389 g/mol. The minimum atomic E-state index is -3.53. The zero-order valence-corrected chi connectivity index (χ0v) is 15.2. The molecule has 1 atom stereocenters. The molecular formula is C15H21BrN2O3S. The Hall–Kier alpha value is -1.08. The number of hydrogen-bond acceptors (Lipinski definition) is 3. The SMILES string of the molecule is C[C@@H]1CCCN(C(=O)CN(c2ccccc2Br)S(C)(=O)=O)C1. The lowest BCUT2D eigenvalue weighted by atomic mass is 10.0. The molecule has 0 radical (unpaired) electrons. The number of halogens is 1. The van der Waals surface area contributed by atoms with Gasteiger partial charge in [0, 0.05) is 17.6 Å². The molecule has 0 spiro atoms. The highest BCUT2D eigenvalue weighted by molar-refractivity contribution is 9.10. The van der Waals surface area contributed by atoms with Gasteiger partial charge >= 0.3 is 0 Å². The van der Waals surface area contributed by atoms with Crippen molar-refractivity contribution in [3.05, 3.63) is 28.7 Å². The van der Waals surface area contributed by atoms with E-state index in [0.29, 0.717) is 29.2 Å². The maximum Gasteiger partial charge on any atom is 0.243 e. The van der Waals surface area contributed by atoms with Gasteiger partial charge in [-0.25, -0.2) is 8.42 Å². The molecule has 0 bridgehead atoms. The highest BCUT2D eigenvalue weighted by Crippen LogP contribution is 2.28. The van der Waals surface area contributed by atoms with Crippen LogP contribution < -0.4 is 4.31 Å². The molecule has 122 valence electrons. The third-order valence-electron chi connectivity index (χ3n) is 3.81. The number of piperidine rings is 1. The van der Waals surface area contributed by atoms with Crippen LogP contribution in [0.25, 0.3) is 0 Å². The predicted octanol–water partition coefficient (Wildman–Crippen LogP) is 2.47. The second kappa shape index (κ2) is 7.00. The number of nitrogens with zero attached hydrogens (tertiary/aromatic N) is 2. The van der Waals surface area contributed by atoms with Crippen molar-refractivity contribution in [3.63, 3.8) is 0 Å². The first kappa shape index (κ1) is 17.3. The summed E-state index contributed by atoms with van der Waals surface area (Å²) >= 11 is 3.35. The Labute approximate surface area is 140 Å². The van der Waals surface area contributed by atoms with Gasteiger partial charge in [-0.15, -0.1) is 0 Å². The molecule has 1 aromatic rings. The van der Waals surface area contributed by atoms with Crippen molar-refractivity contribution >= 4 is 37.5 Å². The van der Waals surface area contributed by atoms with E-state index in [1.807, 2.05) is 6.07 Å². The van der Waals surface area contributed by atoms with E-state index in [9.17, 15) is 13.2 Å². The molecule has 1 aromatic carbocycles. The van der Waals surface area contributed by atoms with Gasteiger partial charge in [0.1, 0.15) is 6.54 Å². The fourth-order valence-electron chi connectivity index (χ4n) is 2.67. The topological polar surface area (TPSA) is 57.7 Å². The summed E-state index contributed by atoms with van der Waals surface area (Å²) in [7, 11) is -3.53. The molecular weight excluding hydrogens is 368 g/mol. The van der Waals surface area contributed by atoms with E-state index in [4.69, 9.17) is 0 Å². The number of benzene rings is 1. The van der Waals surface area contributed by atoms with Crippen LogP contribution in [-0.2, 0) is 14.8 Å². The summed E-state index contributed by atoms with van der Waals surface area (Å²) < 4.78 is 26.0. The Morgan fingerprint density at radius 3 is 2.68 bits per heavy atom. The largest absolute Gasteiger partial charge is 0.341 e. The van der Waals surface area contributed by atoms with Crippen molar-refractivity contribution in [3.8, 4) is 0 Å². The van der Waals surface area contributed by atoms with E-state index in [1.54, 1.807) is 23.1 Å². The third kappa shape index (κ3) is 4.23. The number of anilines is 1. The van der Waals surface area contributed by atoms with E-state index in [0.717, 1.165) is 19.1 Å². The highest BCUT2D eigenvalue weighted by Gasteiger charge is 2.27. The van der Waals surface area contributed by atoms with Crippen molar-refractivity contribution in [2.45, 2.75) is 19.8 Å². The van der Waals surface area contributed by atoms with Crippen molar-refractivity contribution in [2.75, 3.05) is 30.2 Å². The summed E-state index contributed by atoms with van der Waals surface area (Å²) in [6.07, 6.45) is 3.21. The number of rotatable bonds is 4. The van der Waals surface area contributed by atoms with E-state index in [-0.39, 0.29) is 12.5 Å². The van der Waals surface area contributed by atoms with Crippen LogP contribution in [-0.4, -0.2) is 45.1 Å². The lowest BCUT2D eigenvalue weighted by Crippen LogP contribution is -2.46. The molecule has 0 aromatic heterocycles. The van der Waals surface area contributed by atoms with Gasteiger partial charge in [0.25, 0.3) is 0 Å². The smallest absolute Gasteiger partial charge is 0.243 e. The van der Waals surface area contributed by atoms with E-state index >= 15 is 0 Å². The summed E-state index contributed by atoms with van der Waals surface area (Å²) in [4.78, 5) is 14.3. The van der Waals surface area contributed by atoms with Gasteiger partial charge in [-0.3, -0.25) is 9.10 Å². The highest BCUT2D eigenvalue weighted by atomic mass is 79.9. The van der Waals surface area contributed by atoms with Gasteiger partial charge in [-0.1, -0.05) is 19.1 Å². The van der Waals surface area contributed by atoms with Gasteiger partial charge in [-0.05, 0) is 46.8 Å². The molecule has 7 heteroatoms. The van der Waals surface area contributed by atoms with Gasteiger partial charge in [0.05, 0.1) is 11.9 Å². The second-order valence-electron chi connectivity index (χ2n) is 5.81. The predicted molar refractivity (Wildman–Crippen MR) is 91.3 cm³/mol. The molecule has 0 N–H and O–H groups in total. The number of amides is 1. The first-order chi connectivity index (χ1) is 10.3. The van der Waals surface area contributed by atoms with Crippen LogP contribution in [0, 0.1) is 5.92 Å². The molecule has 1 saturated heterocycles. The van der Waals surface area contributed by atoms with Gasteiger partial charge < -0.3 is 4.90 Å². The van der Waals surface area contributed by atoms with Crippen LogP contribution in [0.1, 0.15) is 19.8 Å². The zero-order valence-electron chi connectivity index (χ0n) is 12.8. The molecule has 2 rings (SSSR count). The summed E-state index contributed by atoms with van der Waals surface area (Å²) in [5, 5.41) is 0. The van der Waals surface area contributed by atoms with Crippen molar-refractivity contribution < 1.29 is 13.2 Å². The summed E-state index contributed by atoms with van der Waals surface area (Å²) in [5.41, 5.74) is 0.489. The minimum Gasteiger partial charge on any atom is -0.341 e. The number of likely N-dealkylation sites (tertiary alicyclic amines) is 1. The Kier molecular flexibility index (Phi) is 5.50. The molecule has 0 aliphatic carbocycles. The van der Waals surface area contributed by atoms with Gasteiger partial charge in [-0.2, -0.15) is 0 Å². The van der Waals surface area contributed by atoms with Gasteiger partial charge in [0.2, 0.25) is 15.9 Å². The van der Waals surface area contributed by atoms with E-state index in [1.165, 1.54) is 4.31 Å². The van der Waals surface area contributed by atoms with Crippen LogP contribution in [0.5, 0.6) is 0 Å². The molecule has 0 saturated carbocycles.